The van der Waals surface area contributed by atoms with Gasteiger partial charge in [-0.15, -0.1) is 0 Å². The van der Waals surface area contributed by atoms with E-state index in [1.54, 1.807) is 18.2 Å². The van der Waals surface area contributed by atoms with Gasteiger partial charge in [-0.1, -0.05) is 60.7 Å². The highest BCUT2D eigenvalue weighted by Crippen LogP contribution is 2.17. The lowest BCUT2D eigenvalue weighted by Gasteiger charge is -2.08. The van der Waals surface area contributed by atoms with E-state index in [-0.39, 0.29) is 22.8 Å². The highest BCUT2D eigenvalue weighted by Gasteiger charge is 2.25. The van der Waals surface area contributed by atoms with Crippen molar-refractivity contribution in [2.75, 3.05) is 5.32 Å². The lowest BCUT2D eigenvalue weighted by atomic mass is 10.2. The number of sulfone groups is 1. The van der Waals surface area contributed by atoms with Crippen molar-refractivity contribution in [3.63, 3.8) is 0 Å². The van der Waals surface area contributed by atoms with E-state index in [0.717, 1.165) is 11.1 Å². The Hall–Kier alpha value is -4.60. The van der Waals surface area contributed by atoms with Gasteiger partial charge in [0, 0.05) is 11.8 Å². The Morgan fingerprint density at radius 1 is 0.816 bits per heavy atom. The number of ether oxygens (including phenoxy) is 1. The fourth-order valence-corrected chi connectivity index (χ4v) is 4.33. The molecule has 0 spiro atoms. The highest BCUT2D eigenvalue weighted by molar-refractivity contribution is 8.06. The summed E-state index contributed by atoms with van der Waals surface area (Å²) in [6.45, 7) is 0.702. The summed E-state index contributed by atoms with van der Waals surface area (Å²) < 4.78 is 31.1. The van der Waals surface area contributed by atoms with Crippen molar-refractivity contribution in [2.24, 2.45) is 0 Å². The quantitative estimate of drug-likeness (QED) is 0.309. The van der Waals surface area contributed by atoms with Gasteiger partial charge in [0.15, 0.2) is 0 Å². The van der Waals surface area contributed by atoms with Crippen LogP contribution in [0.5, 0.6) is 0 Å². The van der Waals surface area contributed by atoms with Gasteiger partial charge in [-0.3, -0.25) is 14.6 Å². The van der Waals surface area contributed by atoms with Crippen LogP contribution in [0.25, 0.3) is 6.08 Å². The number of anilines is 1. The van der Waals surface area contributed by atoms with Gasteiger partial charge in [-0.05, 0) is 53.6 Å². The molecule has 0 unspecified atom stereocenters. The summed E-state index contributed by atoms with van der Waals surface area (Å²) in [5.41, 5.74) is 3.06. The minimum absolute atomic E-state index is 0.228. The standard InChI is InChI=1S/C29H25N3O5S/c33-28(30-18-17-22-7-3-1-4-8-22)24-11-15-27(16-12-24)38(35,36)29(34)32-25-13-14-26(31-19-25)21-37-20-23-9-5-2-6-10-23/h1-19H,20-21H2,(H,30,33)(H,32,34). The fourth-order valence-electron chi connectivity index (χ4n) is 3.37. The molecule has 2 N–H and O–H groups in total. The topological polar surface area (TPSA) is 114 Å². The van der Waals surface area contributed by atoms with Crippen LogP contribution in [0.2, 0.25) is 0 Å². The number of carbonyl (C=O) groups is 2. The molecule has 4 rings (SSSR count). The summed E-state index contributed by atoms with van der Waals surface area (Å²) in [6, 6.07) is 27.5. The van der Waals surface area contributed by atoms with Gasteiger partial charge < -0.3 is 15.4 Å². The molecule has 9 heteroatoms. The van der Waals surface area contributed by atoms with Crippen molar-refractivity contribution < 1.29 is 22.7 Å². The van der Waals surface area contributed by atoms with Gasteiger partial charge in [-0.25, -0.2) is 8.42 Å². The molecule has 0 saturated carbocycles. The Kier molecular flexibility index (Phi) is 8.76. The Balaban J connectivity index is 1.30. The molecule has 0 saturated heterocycles. The number of carbonyl (C=O) groups excluding carboxylic acids is 2. The van der Waals surface area contributed by atoms with E-state index >= 15 is 0 Å². The smallest absolute Gasteiger partial charge is 0.345 e. The van der Waals surface area contributed by atoms with Gasteiger partial charge >= 0.3 is 5.24 Å². The SMILES string of the molecule is O=C(NC=Cc1ccccc1)c1ccc(S(=O)(=O)C(=O)Nc2ccc(COCc3ccccc3)nc2)cc1. The zero-order chi connectivity index (χ0) is 26.8. The third kappa shape index (κ3) is 7.22. The Morgan fingerprint density at radius 3 is 2.16 bits per heavy atom. The van der Waals surface area contributed by atoms with E-state index < -0.39 is 21.0 Å². The number of nitrogens with zero attached hydrogens (tertiary/aromatic N) is 1. The van der Waals surface area contributed by atoms with Crippen LogP contribution in [-0.2, 0) is 27.8 Å². The van der Waals surface area contributed by atoms with E-state index in [1.165, 1.54) is 36.7 Å². The van der Waals surface area contributed by atoms with Crippen molar-refractivity contribution in [3.8, 4) is 0 Å². The molecule has 1 heterocycles. The van der Waals surface area contributed by atoms with Gasteiger partial charge in [0.1, 0.15) is 0 Å². The van der Waals surface area contributed by atoms with Crippen molar-refractivity contribution in [2.45, 2.75) is 18.1 Å². The summed E-state index contributed by atoms with van der Waals surface area (Å²) in [6.07, 6.45) is 4.61. The first-order valence-corrected chi connectivity index (χ1v) is 13.2. The Bertz CT molecular complexity index is 1500. The molecule has 4 aromatic rings. The molecular weight excluding hydrogens is 502 g/mol. The highest BCUT2D eigenvalue weighted by atomic mass is 32.2. The van der Waals surface area contributed by atoms with Crippen LogP contribution in [0.4, 0.5) is 10.5 Å². The number of benzene rings is 3. The second-order valence-electron chi connectivity index (χ2n) is 8.17. The van der Waals surface area contributed by atoms with Gasteiger partial charge in [0.2, 0.25) is 0 Å². The molecule has 0 atom stereocenters. The average Bonchev–Trinajstić information content (AvgIpc) is 2.95. The number of aromatic nitrogens is 1. The van der Waals surface area contributed by atoms with Crippen molar-refractivity contribution in [3.05, 3.63) is 132 Å². The zero-order valence-electron chi connectivity index (χ0n) is 20.3. The second-order valence-corrected chi connectivity index (χ2v) is 10.0. The third-order valence-corrected chi connectivity index (χ3v) is 6.88. The molecule has 192 valence electrons. The van der Waals surface area contributed by atoms with E-state index in [0.29, 0.717) is 12.3 Å². The number of nitrogens with one attached hydrogen (secondary N) is 2. The number of pyridine rings is 1. The Morgan fingerprint density at radius 2 is 1.50 bits per heavy atom. The monoisotopic (exact) mass is 527 g/mol. The molecular formula is C29H25N3O5S. The Labute approximate surface area is 220 Å². The maximum Gasteiger partial charge on any atom is 0.345 e. The molecule has 0 aliphatic carbocycles. The summed E-state index contributed by atoms with van der Waals surface area (Å²) in [5.74, 6) is -0.413. The lowest BCUT2D eigenvalue weighted by molar-refractivity contribution is 0.0970. The van der Waals surface area contributed by atoms with Gasteiger partial charge in [0.25, 0.3) is 15.7 Å². The maximum absolute atomic E-state index is 12.7. The first-order chi connectivity index (χ1) is 18.4. The predicted molar refractivity (Wildman–Crippen MR) is 145 cm³/mol. The molecule has 2 amide bonds. The molecule has 0 fully saturated rings. The van der Waals surface area contributed by atoms with E-state index in [1.807, 2.05) is 60.7 Å². The van der Waals surface area contributed by atoms with E-state index in [9.17, 15) is 18.0 Å². The zero-order valence-corrected chi connectivity index (χ0v) is 21.1. The normalized spacial score (nSPS) is 11.3. The van der Waals surface area contributed by atoms with Crippen molar-refractivity contribution in [1.82, 2.24) is 10.3 Å². The number of hydrogen-bond donors (Lipinski definition) is 2. The lowest BCUT2D eigenvalue weighted by Crippen LogP contribution is -2.22. The van der Waals surface area contributed by atoms with Crippen LogP contribution in [0.3, 0.4) is 0 Å². The molecule has 0 bridgehead atoms. The van der Waals surface area contributed by atoms with Crippen molar-refractivity contribution >= 4 is 32.7 Å². The van der Waals surface area contributed by atoms with Gasteiger partial charge in [-0.2, -0.15) is 0 Å². The second kappa shape index (κ2) is 12.6. The van der Waals surface area contributed by atoms with Crippen molar-refractivity contribution in [1.29, 1.82) is 0 Å². The van der Waals surface area contributed by atoms with Crippen LogP contribution >= 0.6 is 0 Å². The van der Waals surface area contributed by atoms with Crippen LogP contribution in [0.1, 0.15) is 27.2 Å². The first kappa shape index (κ1) is 26.5. The summed E-state index contributed by atoms with van der Waals surface area (Å²) in [7, 11) is -4.34. The number of amides is 2. The minimum atomic E-state index is -4.34. The van der Waals surface area contributed by atoms with E-state index in [4.69, 9.17) is 4.74 Å². The summed E-state index contributed by atoms with van der Waals surface area (Å²) in [4.78, 5) is 28.8. The fraction of sp³-hybridized carbons (Fsp3) is 0.0690. The molecule has 8 nitrogen and oxygen atoms in total. The maximum atomic E-state index is 12.7. The van der Waals surface area contributed by atoms with Crippen LogP contribution in [0.15, 0.2) is 114 Å². The predicted octanol–water partition coefficient (Wildman–Crippen LogP) is 5.20. The van der Waals surface area contributed by atoms with Crippen LogP contribution < -0.4 is 10.6 Å². The average molecular weight is 528 g/mol. The number of rotatable bonds is 9. The molecule has 0 aliphatic heterocycles. The molecule has 38 heavy (non-hydrogen) atoms. The summed E-state index contributed by atoms with van der Waals surface area (Å²) in [5, 5.41) is 3.78. The van der Waals surface area contributed by atoms with Gasteiger partial charge in [0.05, 0.1) is 35.7 Å². The first-order valence-electron chi connectivity index (χ1n) is 11.7. The molecule has 0 aliphatic rings. The third-order valence-electron chi connectivity index (χ3n) is 5.39. The largest absolute Gasteiger partial charge is 0.370 e. The number of hydrogen-bond acceptors (Lipinski definition) is 6. The molecule has 0 radical (unpaired) electrons. The molecule has 1 aromatic heterocycles. The molecule has 3 aromatic carbocycles. The van der Waals surface area contributed by atoms with Crippen LogP contribution in [0, 0.1) is 0 Å². The van der Waals surface area contributed by atoms with Crippen LogP contribution in [-0.4, -0.2) is 24.5 Å². The summed E-state index contributed by atoms with van der Waals surface area (Å²) >= 11 is 0. The van der Waals surface area contributed by atoms with E-state index in [2.05, 4.69) is 15.6 Å². The minimum Gasteiger partial charge on any atom is -0.370 e.